The molecular weight excluding hydrogens is 374 g/mol. The summed E-state index contributed by atoms with van der Waals surface area (Å²) in [5, 5.41) is 0.747. The lowest BCUT2D eigenvalue weighted by Gasteiger charge is -2.17. The molecule has 0 bridgehead atoms. The van der Waals surface area contributed by atoms with Gasteiger partial charge in [-0.1, -0.05) is 53.6 Å². The molecule has 0 N–H and O–H groups in total. The van der Waals surface area contributed by atoms with E-state index in [4.69, 9.17) is 11.6 Å². The number of amides is 1. The maximum Gasteiger partial charge on any atom is 0.253 e. The maximum atomic E-state index is 12.6. The lowest BCUT2D eigenvalue weighted by atomic mass is 10.1. The van der Waals surface area contributed by atoms with Gasteiger partial charge in [0.05, 0.1) is 0 Å². The minimum atomic E-state index is 0.0347. The van der Waals surface area contributed by atoms with E-state index in [9.17, 15) is 4.79 Å². The second-order valence-electron chi connectivity index (χ2n) is 6.59. The second-order valence-corrected chi connectivity index (χ2v) is 8.07. The third kappa shape index (κ3) is 5.62. The highest BCUT2D eigenvalue weighted by Crippen LogP contribution is 2.24. The third-order valence-corrected chi connectivity index (χ3v) is 5.64. The van der Waals surface area contributed by atoms with E-state index < -0.39 is 0 Å². The van der Waals surface area contributed by atoms with Crippen molar-refractivity contribution in [2.75, 3.05) is 7.05 Å². The second kappa shape index (κ2) is 9.12. The summed E-state index contributed by atoms with van der Waals surface area (Å²) in [4.78, 5) is 15.6. The Hall–Kier alpha value is -2.23. The first-order valence-corrected chi connectivity index (χ1v) is 10.2. The Morgan fingerprint density at radius 2 is 1.48 bits per heavy atom. The van der Waals surface area contributed by atoms with Crippen LogP contribution in [0.25, 0.3) is 0 Å². The fourth-order valence-corrected chi connectivity index (χ4v) is 3.68. The molecule has 0 unspecified atom stereocenters. The molecule has 4 heteroatoms. The van der Waals surface area contributed by atoms with Crippen LogP contribution in [0.1, 0.15) is 27.0 Å². The van der Waals surface area contributed by atoms with Crippen molar-refractivity contribution in [3.63, 3.8) is 0 Å². The number of rotatable bonds is 6. The van der Waals surface area contributed by atoms with E-state index in [2.05, 4.69) is 31.2 Å². The summed E-state index contributed by atoms with van der Waals surface area (Å²) in [7, 11) is 1.84. The normalized spacial score (nSPS) is 10.6. The minimum Gasteiger partial charge on any atom is -0.337 e. The van der Waals surface area contributed by atoms with E-state index in [1.54, 1.807) is 16.7 Å². The van der Waals surface area contributed by atoms with Crippen LogP contribution in [-0.4, -0.2) is 17.9 Å². The summed E-state index contributed by atoms with van der Waals surface area (Å²) in [5.41, 5.74) is 4.25. The molecule has 0 aliphatic rings. The highest BCUT2D eigenvalue weighted by Gasteiger charge is 2.12. The van der Waals surface area contributed by atoms with Crippen molar-refractivity contribution in [1.82, 2.24) is 4.90 Å². The predicted octanol–water partition coefficient (Wildman–Crippen LogP) is 6.21. The average molecular weight is 396 g/mol. The van der Waals surface area contributed by atoms with Gasteiger partial charge < -0.3 is 4.90 Å². The topological polar surface area (TPSA) is 20.3 Å². The molecule has 27 heavy (non-hydrogen) atoms. The molecule has 3 aromatic rings. The number of nitrogens with zero attached hydrogens (tertiary/aromatic N) is 1. The number of carbonyl (C=O) groups is 1. The number of hydrogen-bond acceptors (Lipinski definition) is 2. The molecule has 3 aromatic carbocycles. The van der Waals surface area contributed by atoms with Crippen molar-refractivity contribution in [1.29, 1.82) is 0 Å². The van der Waals surface area contributed by atoms with Crippen LogP contribution in [0.15, 0.2) is 77.7 Å². The smallest absolute Gasteiger partial charge is 0.253 e. The van der Waals surface area contributed by atoms with Crippen molar-refractivity contribution >= 4 is 29.3 Å². The summed E-state index contributed by atoms with van der Waals surface area (Å²) >= 11 is 7.67. The molecule has 0 heterocycles. The van der Waals surface area contributed by atoms with E-state index in [1.165, 1.54) is 16.0 Å². The Morgan fingerprint density at radius 3 is 2.11 bits per heavy atom. The highest BCUT2D eigenvalue weighted by atomic mass is 35.5. The van der Waals surface area contributed by atoms with Crippen LogP contribution in [0.3, 0.4) is 0 Å². The summed E-state index contributed by atoms with van der Waals surface area (Å²) in [6, 6.07) is 24.0. The Morgan fingerprint density at radius 1 is 0.889 bits per heavy atom. The Bertz CT molecular complexity index is 889. The molecule has 0 radical (unpaired) electrons. The summed E-state index contributed by atoms with van der Waals surface area (Å²) in [5.74, 6) is 0.891. The largest absolute Gasteiger partial charge is 0.337 e. The molecule has 0 aromatic heterocycles. The monoisotopic (exact) mass is 395 g/mol. The molecule has 0 fully saturated rings. The molecule has 2 nitrogen and oxygen atoms in total. The van der Waals surface area contributed by atoms with Crippen LogP contribution in [0.5, 0.6) is 0 Å². The van der Waals surface area contributed by atoms with E-state index in [0.29, 0.717) is 12.1 Å². The number of benzene rings is 3. The first-order chi connectivity index (χ1) is 13.0. The van der Waals surface area contributed by atoms with Gasteiger partial charge in [0.1, 0.15) is 0 Å². The Balaban J connectivity index is 1.57. The average Bonchev–Trinajstić information content (AvgIpc) is 2.69. The molecular formula is C23H22ClNOS. The predicted molar refractivity (Wildman–Crippen MR) is 114 cm³/mol. The van der Waals surface area contributed by atoms with Crippen molar-refractivity contribution in [2.45, 2.75) is 24.1 Å². The first-order valence-electron chi connectivity index (χ1n) is 8.79. The van der Waals surface area contributed by atoms with E-state index in [-0.39, 0.29) is 5.91 Å². The van der Waals surface area contributed by atoms with Gasteiger partial charge in [0.15, 0.2) is 0 Å². The molecule has 1 amide bonds. The van der Waals surface area contributed by atoms with Gasteiger partial charge in [-0.2, -0.15) is 0 Å². The minimum absolute atomic E-state index is 0.0347. The lowest BCUT2D eigenvalue weighted by molar-refractivity contribution is 0.0785. The van der Waals surface area contributed by atoms with E-state index in [1.807, 2.05) is 55.6 Å². The van der Waals surface area contributed by atoms with Gasteiger partial charge in [-0.15, -0.1) is 11.8 Å². The molecule has 0 saturated heterocycles. The van der Waals surface area contributed by atoms with Gasteiger partial charge in [0, 0.05) is 34.8 Å². The quantitative estimate of drug-likeness (QED) is 0.462. The molecule has 3 rings (SSSR count). The van der Waals surface area contributed by atoms with Crippen LogP contribution < -0.4 is 0 Å². The Labute approximate surface area is 170 Å². The maximum absolute atomic E-state index is 12.6. The number of halogens is 1. The van der Waals surface area contributed by atoms with Gasteiger partial charge in [0.25, 0.3) is 5.91 Å². The van der Waals surface area contributed by atoms with Crippen LogP contribution in [-0.2, 0) is 12.3 Å². The van der Waals surface area contributed by atoms with Crippen molar-refractivity contribution in [3.05, 3.63) is 100 Å². The molecule has 0 spiro atoms. The Kier molecular flexibility index (Phi) is 6.59. The fraction of sp³-hybridized carbons (Fsp3) is 0.174. The molecule has 0 atom stereocenters. The lowest BCUT2D eigenvalue weighted by Crippen LogP contribution is -2.26. The molecule has 0 saturated carbocycles. The van der Waals surface area contributed by atoms with Gasteiger partial charge in [-0.25, -0.2) is 0 Å². The number of thioether (sulfide) groups is 1. The van der Waals surface area contributed by atoms with Crippen LogP contribution >= 0.6 is 23.4 Å². The van der Waals surface area contributed by atoms with Gasteiger partial charge in [-0.05, 0) is 54.4 Å². The summed E-state index contributed by atoms with van der Waals surface area (Å²) in [6.07, 6.45) is 0. The van der Waals surface area contributed by atoms with Gasteiger partial charge in [-0.3, -0.25) is 4.79 Å². The van der Waals surface area contributed by atoms with Gasteiger partial charge in [0.2, 0.25) is 0 Å². The fourth-order valence-electron chi connectivity index (χ4n) is 2.70. The van der Waals surface area contributed by atoms with Crippen LogP contribution in [0, 0.1) is 6.92 Å². The zero-order chi connectivity index (χ0) is 19.2. The highest BCUT2D eigenvalue weighted by molar-refractivity contribution is 7.98. The van der Waals surface area contributed by atoms with Crippen molar-refractivity contribution in [2.24, 2.45) is 0 Å². The molecule has 0 aliphatic carbocycles. The SMILES string of the molecule is Cc1ccc(CN(C)C(=O)c2ccc(CSc3ccc(Cl)cc3)cc2)cc1. The van der Waals surface area contributed by atoms with Crippen LogP contribution in [0.4, 0.5) is 0 Å². The van der Waals surface area contributed by atoms with Gasteiger partial charge >= 0.3 is 0 Å². The van der Waals surface area contributed by atoms with Crippen molar-refractivity contribution < 1.29 is 4.79 Å². The molecule has 0 aliphatic heterocycles. The standard InChI is InChI=1S/C23H22ClNOS/c1-17-3-5-18(6-4-17)15-25(2)23(26)20-9-7-19(8-10-20)16-27-22-13-11-21(24)12-14-22/h3-14H,15-16H2,1-2H3. The van der Waals surface area contributed by atoms with E-state index in [0.717, 1.165) is 16.3 Å². The third-order valence-electron chi connectivity index (χ3n) is 4.31. The zero-order valence-corrected chi connectivity index (χ0v) is 17.1. The summed E-state index contributed by atoms with van der Waals surface area (Å²) < 4.78 is 0. The zero-order valence-electron chi connectivity index (χ0n) is 15.5. The van der Waals surface area contributed by atoms with Crippen molar-refractivity contribution in [3.8, 4) is 0 Å². The number of carbonyl (C=O) groups excluding carboxylic acids is 1. The molecule has 138 valence electrons. The first kappa shape index (κ1) is 19.5. The summed E-state index contributed by atoms with van der Waals surface area (Å²) in [6.45, 7) is 2.67. The van der Waals surface area contributed by atoms with E-state index >= 15 is 0 Å². The number of hydrogen-bond donors (Lipinski definition) is 0. The number of aryl methyl sites for hydroxylation is 1. The van der Waals surface area contributed by atoms with Crippen LogP contribution in [0.2, 0.25) is 5.02 Å².